The molecular weight excluding hydrogens is 220 g/mol. The molecule has 0 aromatic carbocycles. The predicted molar refractivity (Wildman–Crippen MR) is 68.9 cm³/mol. The summed E-state index contributed by atoms with van der Waals surface area (Å²) in [7, 11) is 0. The fourth-order valence-electron chi connectivity index (χ4n) is 1.62. The Bertz CT molecular complexity index is 301. The van der Waals surface area contributed by atoms with Gasteiger partial charge < -0.3 is 10.1 Å². The normalized spacial score (nSPS) is 15.0. The van der Waals surface area contributed by atoms with E-state index in [9.17, 15) is 0 Å². The molecule has 0 aliphatic rings. The average molecular weight is 242 g/mol. The molecule has 4 heteroatoms. The van der Waals surface area contributed by atoms with E-state index < -0.39 is 0 Å². The molecular formula is C12H22N2OS. The van der Waals surface area contributed by atoms with Gasteiger partial charge in [0, 0.05) is 18.0 Å². The highest BCUT2D eigenvalue weighted by Gasteiger charge is 2.15. The van der Waals surface area contributed by atoms with Crippen molar-refractivity contribution in [3.63, 3.8) is 0 Å². The third-order valence-corrected chi connectivity index (χ3v) is 3.46. The van der Waals surface area contributed by atoms with Gasteiger partial charge in [-0.25, -0.2) is 4.98 Å². The van der Waals surface area contributed by atoms with Crippen molar-refractivity contribution in [3.05, 3.63) is 16.1 Å². The van der Waals surface area contributed by atoms with Crippen molar-refractivity contribution >= 4 is 11.3 Å². The van der Waals surface area contributed by atoms with E-state index in [2.05, 4.69) is 36.5 Å². The maximum absolute atomic E-state index is 5.66. The fraction of sp³-hybridized carbons (Fsp3) is 0.750. The van der Waals surface area contributed by atoms with Crippen LogP contribution in [0, 0.1) is 0 Å². The Labute approximate surface area is 102 Å². The molecule has 0 saturated heterocycles. The van der Waals surface area contributed by atoms with Crippen LogP contribution in [-0.2, 0) is 4.74 Å². The molecule has 1 rings (SSSR count). The Balaban J connectivity index is 2.68. The second-order valence-electron chi connectivity index (χ2n) is 3.74. The first-order valence-corrected chi connectivity index (χ1v) is 6.91. The van der Waals surface area contributed by atoms with Crippen LogP contribution in [0.4, 0.5) is 0 Å². The van der Waals surface area contributed by atoms with Gasteiger partial charge in [-0.15, -0.1) is 11.3 Å². The lowest BCUT2D eigenvalue weighted by atomic mass is 10.2. The zero-order valence-corrected chi connectivity index (χ0v) is 11.4. The summed E-state index contributed by atoms with van der Waals surface area (Å²) in [6, 6.07) is 0.328. The number of nitrogens with zero attached hydrogens (tertiary/aromatic N) is 1. The number of hydrogen-bond donors (Lipinski definition) is 1. The van der Waals surface area contributed by atoms with Crippen LogP contribution in [0.25, 0.3) is 0 Å². The lowest BCUT2D eigenvalue weighted by Crippen LogP contribution is -2.18. The number of hydrogen-bond acceptors (Lipinski definition) is 4. The van der Waals surface area contributed by atoms with E-state index in [0.717, 1.165) is 30.3 Å². The van der Waals surface area contributed by atoms with Gasteiger partial charge in [-0.1, -0.05) is 13.8 Å². The Hall–Kier alpha value is -0.450. The molecule has 1 aromatic heterocycles. The first-order valence-electron chi connectivity index (χ1n) is 6.03. The molecule has 0 amide bonds. The monoisotopic (exact) mass is 242 g/mol. The second-order valence-corrected chi connectivity index (χ2v) is 4.63. The largest absolute Gasteiger partial charge is 0.371 e. The summed E-state index contributed by atoms with van der Waals surface area (Å²) < 4.78 is 5.66. The molecule has 0 aliphatic carbocycles. The van der Waals surface area contributed by atoms with Crippen molar-refractivity contribution in [1.29, 1.82) is 0 Å². The van der Waals surface area contributed by atoms with E-state index in [-0.39, 0.29) is 6.10 Å². The third kappa shape index (κ3) is 3.54. The molecule has 0 bridgehead atoms. The van der Waals surface area contributed by atoms with E-state index in [1.54, 1.807) is 11.3 Å². The number of rotatable bonds is 7. The van der Waals surface area contributed by atoms with Crippen LogP contribution >= 0.6 is 11.3 Å². The second kappa shape index (κ2) is 6.99. The molecule has 92 valence electrons. The van der Waals surface area contributed by atoms with Gasteiger partial charge in [0.15, 0.2) is 0 Å². The van der Waals surface area contributed by atoms with Crippen LogP contribution in [0.3, 0.4) is 0 Å². The van der Waals surface area contributed by atoms with Gasteiger partial charge in [0.05, 0.1) is 5.69 Å². The highest BCUT2D eigenvalue weighted by atomic mass is 32.1. The van der Waals surface area contributed by atoms with Gasteiger partial charge in [-0.05, 0) is 26.8 Å². The molecule has 1 N–H and O–H groups in total. The molecule has 0 aliphatic heterocycles. The fourth-order valence-corrected chi connectivity index (χ4v) is 2.67. The Morgan fingerprint density at radius 3 is 2.75 bits per heavy atom. The predicted octanol–water partition coefficient (Wildman–Crippen LogP) is 3.30. The van der Waals surface area contributed by atoms with E-state index in [1.807, 2.05) is 6.92 Å². The van der Waals surface area contributed by atoms with Crippen molar-refractivity contribution in [3.8, 4) is 0 Å². The average Bonchev–Trinajstić information content (AvgIpc) is 2.75. The Kier molecular flexibility index (Phi) is 5.95. The molecule has 1 aromatic rings. The highest BCUT2D eigenvalue weighted by Crippen LogP contribution is 2.26. The molecule has 1 heterocycles. The topological polar surface area (TPSA) is 34.1 Å². The standard InChI is InChI=1S/C12H22N2OS/c1-5-11(15-7-3)12-14-10(8-16-12)9(4)13-6-2/h8-9,11,13H,5-7H2,1-4H3. The molecule has 2 atom stereocenters. The molecule has 16 heavy (non-hydrogen) atoms. The zero-order chi connectivity index (χ0) is 12.0. The number of ether oxygens (including phenoxy) is 1. The molecule has 2 unspecified atom stereocenters. The Morgan fingerprint density at radius 1 is 1.44 bits per heavy atom. The smallest absolute Gasteiger partial charge is 0.122 e. The maximum Gasteiger partial charge on any atom is 0.122 e. The van der Waals surface area contributed by atoms with Gasteiger partial charge in [0.1, 0.15) is 11.1 Å². The molecule has 3 nitrogen and oxygen atoms in total. The Morgan fingerprint density at radius 2 is 2.19 bits per heavy atom. The van der Waals surface area contributed by atoms with Crippen molar-refractivity contribution in [2.75, 3.05) is 13.2 Å². The van der Waals surface area contributed by atoms with Gasteiger partial charge in [0.2, 0.25) is 0 Å². The minimum atomic E-state index is 0.164. The van der Waals surface area contributed by atoms with Gasteiger partial charge >= 0.3 is 0 Å². The minimum Gasteiger partial charge on any atom is -0.371 e. The first-order chi connectivity index (χ1) is 7.72. The number of thiazole rings is 1. The van der Waals surface area contributed by atoms with Crippen LogP contribution in [0.5, 0.6) is 0 Å². The van der Waals surface area contributed by atoms with E-state index in [4.69, 9.17) is 4.74 Å². The van der Waals surface area contributed by atoms with Crippen LogP contribution in [0.1, 0.15) is 57.0 Å². The van der Waals surface area contributed by atoms with Gasteiger partial charge in [0.25, 0.3) is 0 Å². The lowest BCUT2D eigenvalue weighted by molar-refractivity contribution is 0.0595. The van der Waals surface area contributed by atoms with Crippen molar-refractivity contribution in [2.45, 2.75) is 46.3 Å². The summed E-state index contributed by atoms with van der Waals surface area (Å²) in [4.78, 5) is 4.65. The first kappa shape index (κ1) is 13.6. The van der Waals surface area contributed by atoms with Gasteiger partial charge in [-0.3, -0.25) is 0 Å². The van der Waals surface area contributed by atoms with E-state index in [0.29, 0.717) is 6.04 Å². The lowest BCUT2D eigenvalue weighted by Gasteiger charge is -2.12. The summed E-state index contributed by atoms with van der Waals surface area (Å²) in [5.74, 6) is 0. The van der Waals surface area contributed by atoms with Crippen molar-refractivity contribution in [1.82, 2.24) is 10.3 Å². The summed E-state index contributed by atoms with van der Waals surface area (Å²) >= 11 is 1.70. The van der Waals surface area contributed by atoms with Crippen LogP contribution < -0.4 is 5.32 Å². The molecule has 0 spiro atoms. The summed E-state index contributed by atoms with van der Waals surface area (Å²) in [6.45, 7) is 10.1. The SMILES string of the molecule is CCNC(C)c1csc(C(CC)OCC)n1. The summed E-state index contributed by atoms with van der Waals surface area (Å²) in [6.07, 6.45) is 1.15. The van der Waals surface area contributed by atoms with Crippen LogP contribution in [-0.4, -0.2) is 18.1 Å². The molecule has 0 fully saturated rings. The molecule has 0 saturated carbocycles. The minimum absolute atomic E-state index is 0.164. The third-order valence-electron chi connectivity index (χ3n) is 2.51. The number of nitrogens with one attached hydrogen (secondary N) is 1. The van der Waals surface area contributed by atoms with E-state index in [1.165, 1.54) is 0 Å². The van der Waals surface area contributed by atoms with Gasteiger partial charge in [-0.2, -0.15) is 0 Å². The number of aromatic nitrogens is 1. The van der Waals surface area contributed by atoms with E-state index >= 15 is 0 Å². The zero-order valence-electron chi connectivity index (χ0n) is 10.6. The summed E-state index contributed by atoms with van der Waals surface area (Å²) in [5.41, 5.74) is 1.13. The highest BCUT2D eigenvalue weighted by molar-refractivity contribution is 7.09. The van der Waals surface area contributed by atoms with Crippen LogP contribution in [0.2, 0.25) is 0 Å². The summed E-state index contributed by atoms with van der Waals surface area (Å²) in [5, 5.41) is 6.60. The van der Waals surface area contributed by atoms with Crippen molar-refractivity contribution in [2.24, 2.45) is 0 Å². The quantitative estimate of drug-likeness (QED) is 0.796. The maximum atomic E-state index is 5.66. The van der Waals surface area contributed by atoms with Crippen LogP contribution in [0.15, 0.2) is 5.38 Å². The van der Waals surface area contributed by atoms with Crippen molar-refractivity contribution < 1.29 is 4.74 Å². The molecule has 0 radical (unpaired) electrons.